The summed E-state index contributed by atoms with van der Waals surface area (Å²) in [7, 11) is 0. The van der Waals surface area contributed by atoms with Gasteiger partial charge in [-0.15, -0.1) is 0 Å². The first-order valence-corrected chi connectivity index (χ1v) is 6.67. The smallest absolute Gasteiger partial charge is 0.248 e. The van der Waals surface area contributed by atoms with E-state index in [-0.39, 0.29) is 30.5 Å². The molecule has 1 aromatic carbocycles. The van der Waals surface area contributed by atoms with Crippen LogP contribution < -0.4 is 10.7 Å². The van der Waals surface area contributed by atoms with Crippen LogP contribution >= 0.6 is 0 Å². The molecule has 22 heavy (non-hydrogen) atoms. The predicted octanol–water partition coefficient (Wildman–Crippen LogP) is 0.217. The lowest BCUT2D eigenvalue weighted by Crippen LogP contribution is -2.99. The second kappa shape index (κ2) is 5.94. The van der Waals surface area contributed by atoms with Crippen molar-refractivity contribution in [1.82, 2.24) is 5.06 Å². The van der Waals surface area contributed by atoms with Crippen LogP contribution in [0.2, 0.25) is 0 Å². The molecule has 3 rings (SSSR count). The van der Waals surface area contributed by atoms with E-state index in [1.54, 1.807) is 0 Å². The van der Waals surface area contributed by atoms with Gasteiger partial charge in [0.1, 0.15) is 12.7 Å². The Morgan fingerprint density at radius 3 is 3.18 bits per heavy atom. The Kier molecular flexibility index (Phi) is 4.00. The fraction of sp³-hybridized carbons (Fsp3) is 0.417. The predicted molar refractivity (Wildman–Crippen MR) is 71.2 cm³/mol. The number of nitrogens with zero attached hydrogens (tertiary/aromatic N) is 3. The molecule has 0 radical (unpaired) electrons. The Labute approximate surface area is 125 Å². The van der Waals surface area contributed by atoms with Crippen molar-refractivity contribution >= 4 is 17.3 Å². The van der Waals surface area contributed by atoms with Crippen molar-refractivity contribution in [3.05, 3.63) is 34.5 Å². The molecule has 3 atom stereocenters. The third kappa shape index (κ3) is 2.91. The van der Waals surface area contributed by atoms with Crippen molar-refractivity contribution in [2.45, 2.75) is 31.8 Å². The molecule has 2 fully saturated rings. The number of carbonyl (C=O) groups excluding carboxylic acids is 1. The number of ether oxygens (including phenoxy) is 1. The third-order valence-electron chi connectivity index (χ3n) is 3.55. The van der Waals surface area contributed by atoms with Gasteiger partial charge in [-0.1, -0.05) is 6.07 Å². The van der Waals surface area contributed by atoms with Crippen molar-refractivity contribution in [3.63, 3.8) is 0 Å². The number of nitrogens with one attached hydrogen (secondary N) is 2. The van der Waals surface area contributed by atoms with Gasteiger partial charge in [0.25, 0.3) is 0 Å². The summed E-state index contributed by atoms with van der Waals surface area (Å²) in [6, 6.07) is 4.30. The molecule has 10 nitrogen and oxygen atoms in total. The molecule has 0 aromatic heterocycles. The van der Waals surface area contributed by atoms with E-state index < -0.39 is 5.23 Å². The van der Waals surface area contributed by atoms with Gasteiger partial charge < -0.3 is 20.9 Å². The molecule has 2 saturated heterocycles. The summed E-state index contributed by atoms with van der Waals surface area (Å²) in [5, 5.41) is 23.2. The van der Waals surface area contributed by atoms with Crippen molar-refractivity contribution in [1.29, 1.82) is 0 Å². The van der Waals surface area contributed by atoms with E-state index in [2.05, 4.69) is 10.6 Å². The van der Waals surface area contributed by atoms with Gasteiger partial charge in [-0.25, -0.2) is 5.21 Å². The van der Waals surface area contributed by atoms with E-state index in [9.17, 15) is 15.2 Å². The lowest BCUT2D eigenvalue weighted by molar-refractivity contribution is -0.991. The van der Waals surface area contributed by atoms with Crippen LogP contribution in [-0.4, -0.2) is 28.5 Å². The number of fused-ring (bicyclic) bond motifs is 1. The number of benzene rings is 1. The minimum absolute atomic E-state index is 0.0119. The molecule has 0 aliphatic carbocycles. The first-order chi connectivity index (χ1) is 10.6. The zero-order valence-corrected chi connectivity index (χ0v) is 11.4. The molecule has 3 N–H and O–H groups in total. The summed E-state index contributed by atoms with van der Waals surface area (Å²) in [5.41, 5.74) is 11.6. The van der Waals surface area contributed by atoms with Crippen molar-refractivity contribution < 1.29 is 24.8 Å². The fourth-order valence-corrected chi connectivity index (χ4v) is 2.40. The summed E-state index contributed by atoms with van der Waals surface area (Å²) >= 11 is 0. The molecule has 10 heteroatoms. The summed E-state index contributed by atoms with van der Waals surface area (Å²) in [5.74, 6) is -0.185. The van der Waals surface area contributed by atoms with Crippen LogP contribution in [0, 0.1) is 5.21 Å². The van der Waals surface area contributed by atoms with Crippen molar-refractivity contribution in [2.75, 3.05) is 5.43 Å². The second-order valence-corrected chi connectivity index (χ2v) is 4.99. The topological polar surface area (TPSA) is 136 Å². The monoisotopic (exact) mass is 308 g/mol. The number of rotatable bonds is 6. The highest BCUT2D eigenvalue weighted by Crippen LogP contribution is 2.35. The van der Waals surface area contributed by atoms with E-state index in [4.69, 9.17) is 15.1 Å². The molecule has 2 aliphatic heterocycles. The van der Waals surface area contributed by atoms with E-state index in [1.807, 2.05) is 0 Å². The van der Waals surface area contributed by atoms with E-state index in [0.29, 0.717) is 24.1 Å². The molecular formula is C12H14N5O5-. The number of amides is 1. The summed E-state index contributed by atoms with van der Waals surface area (Å²) in [6.45, 7) is -0.110. The molecule has 1 amide bonds. The fourth-order valence-electron chi connectivity index (χ4n) is 2.40. The number of hydrogen-bond acceptors (Lipinski definition) is 6. The average molecular weight is 308 g/mol. The number of carbonyl (C=O) groups is 1. The highest BCUT2D eigenvalue weighted by Gasteiger charge is 2.50. The van der Waals surface area contributed by atoms with E-state index in [0.717, 1.165) is 5.06 Å². The van der Waals surface area contributed by atoms with Crippen LogP contribution in [0.1, 0.15) is 18.4 Å². The van der Waals surface area contributed by atoms with Crippen LogP contribution in [0.5, 0.6) is 0 Å². The van der Waals surface area contributed by atoms with Gasteiger partial charge in [-0.3, -0.25) is 14.9 Å². The van der Waals surface area contributed by atoms with Crippen LogP contribution in [0.15, 0.2) is 23.4 Å². The lowest BCUT2D eigenvalue weighted by atomic mass is 10.1. The van der Waals surface area contributed by atoms with Gasteiger partial charge in [0.2, 0.25) is 5.91 Å². The highest BCUT2D eigenvalue weighted by atomic mass is 16.8. The van der Waals surface area contributed by atoms with Gasteiger partial charge in [0.15, 0.2) is 11.9 Å². The Bertz CT molecular complexity index is 595. The number of anilines is 1. The number of epoxide rings is 1. The first kappa shape index (κ1) is 14.8. The molecule has 0 bridgehead atoms. The van der Waals surface area contributed by atoms with Gasteiger partial charge in [0, 0.05) is 18.1 Å². The van der Waals surface area contributed by atoms with Crippen molar-refractivity contribution in [3.8, 4) is 0 Å². The largest absolute Gasteiger partial charge is 0.595 e. The first-order valence-electron chi connectivity index (χ1n) is 6.67. The van der Waals surface area contributed by atoms with Crippen LogP contribution in [0.25, 0.3) is 5.53 Å². The normalized spacial score (nSPS) is 24.6. The lowest BCUT2D eigenvalue weighted by Gasteiger charge is -2.24. The van der Waals surface area contributed by atoms with Crippen molar-refractivity contribution in [2.24, 2.45) is 5.22 Å². The average Bonchev–Trinajstić information content (AvgIpc) is 3.26. The van der Waals surface area contributed by atoms with Crippen LogP contribution in [0.3, 0.4) is 0 Å². The summed E-state index contributed by atoms with van der Waals surface area (Å²) in [6.07, 6.45) is 0.667. The number of quaternary nitrogens is 1. The molecule has 3 unspecified atom stereocenters. The molecular weight excluding hydrogens is 294 g/mol. The standard InChI is InChI=1S/C12H14N5O5/c13-15-14-8-1-2-9(17(19)20)7(5-8)6-21-16-11(18)4-3-10-12(16)22-10/h1-2,5,10,12,17,19H,3-4,6H2,(H-,13,14)/q-1. The number of piperidine rings is 1. The van der Waals surface area contributed by atoms with Gasteiger partial charge in [0.05, 0.1) is 0 Å². The molecule has 1 aromatic rings. The van der Waals surface area contributed by atoms with Gasteiger partial charge in [-0.2, -0.15) is 10.3 Å². The minimum atomic E-state index is -1.11. The maximum atomic E-state index is 11.8. The minimum Gasteiger partial charge on any atom is -0.595 e. The molecule has 118 valence electrons. The highest BCUT2D eigenvalue weighted by molar-refractivity contribution is 5.76. The second-order valence-electron chi connectivity index (χ2n) is 4.99. The van der Waals surface area contributed by atoms with E-state index in [1.165, 1.54) is 18.2 Å². The zero-order chi connectivity index (χ0) is 15.7. The maximum Gasteiger partial charge on any atom is 0.248 e. The maximum absolute atomic E-state index is 11.8. The molecule has 0 saturated carbocycles. The summed E-state index contributed by atoms with van der Waals surface area (Å²) in [4.78, 5) is 17.2. The van der Waals surface area contributed by atoms with Crippen LogP contribution in [0.4, 0.5) is 11.4 Å². The molecule has 0 spiro atoms. The molecule has 2 heterocycles. The SMILES string of the molecule is [N-]=NNc1ccc([NH+]([O-])O)c(CON2C(=O)CCC3OC32)c1. The Balaban J connectivity index is 1.73. The zero-order valence-electron chi connectivity index (χ0n) is 11.4. The Morgan fingerprint density at radius 2 is 2.45 bits per heavy atom. The van der Waals surface area contributed by atoms with E-state index >= 15 is 0 Å². The molecule has 2 aliphatic rings. The summed E-state index contributed by atoms with van der Waals surface area (Å²) < 4.78 is 5.29. The van der Waals surface area contributed by atoms with Gasteiger partial charge in [-0.05, 0) is 18.2 Å². The Hall–Kier alpha value is -2.11. The van der Waals surface area contributed by atoms with Gasteiger partial charge >= 0.3 is 0 Å². The number of hydroxylamine groups is 2. The number of hydrogen-bond donors (Lipinski definition) is 3. The third-order valence-corrected chi connectivity index (χ3v) is 3.55. The Morgan fingerprint density at radius 1 is 1.64 bits per heavy atom. The van der Waals surface area contributed by atoms with Crippen LogP contribution in [-0.2, 0) is 21.0 Å². The quantitative estimate of drug-likeness (QED) is 0.390.